The molecule has 0 aliphatic rings. The first-order chi connectivity index (χ1) is 10.2. The largest absolute Gasteiger partial charge is 0.487 e. The summed E-state index contributed by atoms with van der Waals surface area (Å²) in [6, 6.07) is 5.79. The second kappa shape index (κ2) is 5.57. The van der Waals surface area contributed by atoms with Crippen LogP contribution in [0.1, 0.15) is 23.7 Å². The van der Waals surface area contributed by atoms with Gasteiger partial charge in [-0.3, -0.25) is 4.40 Å². The van der Waals surface area contributed by atoms with Gasteiger partial charge in [0.05, 0.1) is 11.4 Å². The maximum atomic E-state index is 8.97. The first kappa shape index (κ1) is 13.6. The first-order valence-electron chi connectivity index (χ1n) is 6.51. The van der Waals surface area contributed by atoms with Crippen LogP contribution in [0.15, 0.2) is 41.1 Å². The Labute approximate surface area is 126 Å². The SMILES string of the molecule is C/C(=N/O)c1cc(C)ccc1OCc1cn2ccsc2n1. The van der Waals surface area contributed by atoms with Crippen molar-refractivity contribution < 1.29 is 9.94 Å². The molecule has 2 heterocycles. The van der Waals surface area contributed by atoms with Gasteiger partial charge in [-0.2, -0.15) is 0 Å². The summed E-state index contributed by atoms with van der Waals surface area (Å²) in [5.41, 5.74) is 3.27. The van der Waals surface area contributed by atoms with Crippen molar-refractivity contribution >= 4 is 22.0 Å². The molecular weight excluding hydrogens is 286 g/mol. The summed E-state index contributed by atoms with van der Waals surface area (Å²) in [4.78, 5) is 5.43. The van der Waals surface area contributed by atoms with Crippen molar-refractivity contribution in [3.8, 4) is 5.75 Å². The molecule has 0 fully saturated rings. The van der Waals surface area contributed by atoms with Crippen LogP contribution < -0.4 is 4.74 Å². The predicted octanol–water partition coefficient (Wildman–Crippen LogP) is 3.48. The molecule has 0 aliphatic carbocycles. The molecule has 0 saturated heterocycles. The lowest BCUT2D eigenvalue weighted by atomic mass is 10.1. The van der Waals surface area contributed by atoms with Gasteiger partial charge in [0.2, 0.25) is 0 Å². The van der Waals surface area contributed by atoms with Gasteiger partial charge < -0.3 is 9.94 Å². The molecule has 0 amide bonds. The van der Waals surface area contributed by atoms with Crippen molar-refractivity contribution in [2.75, 3.05) is 0 Å². The van der Waals surface area contributed by atoms with Crippen molar-refractivity contribution in [3.63, 3.8) is 0 Å². The van der Waals surface area contributed by atoms with Gasteiger partial charge in [-0.15, -0.1) is 11.3 Å². The Hall–Kier alpha value is -2.34. The second-order valence-electron chi connectivity index (χ2n) is 4.80. The van der Waals surface area contributed by atoms with Crippen LogP contribution in [-0.4, -0.2) is 20.3 Å². The van der Waals surface area contributed by atoms with Crippen molar-refractivity contribution in [1.29, 1.82) is 0 Å². The molecule has 0 saturated carbocycles. The van der Waals surface area contributed by atoms with Crippen molar-refractivity contribution in [3.05, 3.63) is 52.8 Å². The van der Waals surface area contributed by atoms with Crippen LogP contribution in [0, 0.1) is 6.92 Å². The lowest BCUT2D eigenvalue weighted by Gasteiger charge is -2.10. The maximum Gasteiger partial charge on any atom is 0.193 e. The molecule has 21 heavy (non-hydrogen) atoms. The molecule has 0 bridgehead atoms. The number of nitrogens with zero attached hydrogens (tertiary/aromatic N) is 3. The first-order valence-corrected chi connectivity index (χ1v) is 7.39. The fourth-order valence-corrected chi connectivity index (χ4v) is 2.82. The summed E-state index contributed by atoms with van der Waals surface area (Å²) in [5.74, 6) is 0.687. The third kappa shape index (κ3) is 2.75. The average molecular weight is 301 g/mol. The highest BCUT2D eigenvalue weighted by molar-refractivity contribution is 7.15. The predicted molar refractivity (Wildman–Crippen MR) is 82.6 cm³/mol. The minimum Gasteiger partial charge on any atom is -0.487 e. The Balaban J connectivity index is 1.82. The van der Waals surface area contributed by atoms with Crippen molar-refractivity contribution in [2.45, 2.75) is 20.5 Å². The number of ether oxygens (including phenoxy) is 1. The lowest BCUT2D eigenvalue weighted by molar-refractivity contribution is 0.299. The van der Waals surface area contributed by atoms with Crippen LogP contribution in [0.3, 0.4) is 0 Å². The summed E-state index contributed by atoms with van der Waals surface area (Å²) < 4.78 is 7.81. The molecule has 3 aromatic rings. The van der Waals surface area contributed by atoms with E-state index in [1.165, 1.54) is 0 Å². The van der Waals surface area contributed by atoms with Crippen molar-refractivity contribution in [2.24, 2.45) is 5.16 Å². The molecular formula is C15H15N3O2S. The van der Waals surface area contributed by atoms with Crippen LogP contribution in [0.25, 0.3) is 4.96 Å². The van der Waals surface area contributed by atoms with E-state index in [4.69, 9.17) is 9.94 Å². The number of aromatic nitrogens is 2. The monoisotopic (exact) mass is 301 g/mol. The fraction of sp³-hybridized carbons (Fsp3) is 0.200. The van der Waals surface area contributed by atoms with E-state index in [1.807, 2.05) is 47.3 Å². The third-order valence-corrected chi connectivity index (χ3v) is 3.96. The summed E-state index contributed by atoms with van der Waals surface area (Å²) in [7, 11) is 0. The van der Waals surface area contributed by atoms with Gasteiger partial charge in [0.25, 0.3) is 0 Å². The van der Waals surface area contributed by atoms with E-state index in [2.05, 4.69) is 10.1 Å². The number of rotatable bonds is 4. The van der Waals surface area contributed by atoms with Gasteiger partial charge in [-0.25, -0.2) is 4.98 Å². The molecule has 2 aromatic heterocycles. The van der Waals surface area contributed by atoms with Gasteiger partial charge in [-0.05, 0) is 26.0 Å². The van der Waals surface area contributed by atoms with Crippen LogP contribution in [0.5, 0.6) is 5.75 Å². The molecule has 0 spiro atoms. The van der Waals surface area contributed by atoms with E-state index in [-0.39, 0.29) is 0 Å². The normalized spacial score (nSPS) is 12.0. The summed E-state index contributed by atoms with van der Waals surface area (Å²) in [5, 5.41) is 14.2. The number of aryl methyl sites for hydroxylation is 1. The van der Waals surface area contributed by atoms with E-state index >= 15 is 0 Å². The number of benzene rings is 1. The van der Waals surface area contributed by atoms with Crippen LogP contribution in [0.4, 0.5) is 0 Å². The third-order valence-electron chi connectivity index (χ3n) is 3.19. The van der Waals surface area contributed by atoms with E-state index in [0.29, 0.717) is 18.1 Å². The minimum atomic E-state index is 0.378. The molecule has 0 atom stereocenters. The van der Waals surface area contributed by atoms with Gasteiger partial charge >= 0.3 is 0 Å². The zero-order valence-corrected chi connectivity index (χ0v) is 12.6. The maximum absolute atomic E-state index is 8.97. The Morgan fingerprint density at radius 1 is 1.48 bits per heavy atom. The van der Waals surface area contributed by atoms with Crippen LogP contribution >= 0.6 is 11.3 Å². The number of hydrogen-bond donors (Lipinski definition) is 1. The molecule has 108 valence electrons. The number of hydrogen-bond acceptors (Lipinski definition) is 5. The molecule has 5 nitrogen and oxygen atoms in total. The standard InChI is InChI=1S/C15H15N3O2S/c1-10-3-4-14(13(7-10)11(2)17-19)20-9-12-8-18-5-6-21-15(18)16-12/h3-8,19H,9H2,1-2H3/b17-11-. The minimum absolute atomic E-state index is 0.378. The number of oxime groups is 1. The van der Waals surface area contributed by atoms with Gasteiger partial charge in [-0.1, -0.05) is 16.8 Å². The molecule has 0 radical (unpaired) electrons. The number of fused-ring (bicyclic) bond motifs is 1. The Kier molecular flexibility index (Phi) is 3.62. The molecule has 1 aromatic carbocycles. The van der Waals surface area contributed by atoms with Gasteiger partial charge in [0.1, 0.15) is 12.4 Å². The number of imidazole rings is 1. The Bertz CT molecular complexity index is 776. The van der Waals surface area contributed by atoms with Crippen molar-refractivity contribution in [1.82, 2.24) is 9.38 Å². The van der Waals surface area contributed by atoms with E-state index < -0.39 is 0 Å². The Morgan fingerprint density at radius 2 is 2.33 bits per heavy atom. The Morgan fingerprint density at radius 3 is 3.10 bits per heavy atom. The molecule has 3 rings (SSSR count). The summed E-state index contributed by atoms with van der Waals surface area (Å²) in [6.07, 6.45) is 3.92. The highest BCUT2D eigenvalue weighted by Crippen LogP contribution is 2.22. The summed E-state index contributed by atoms with van der Waals surface area (Å²) in [6.45, 7) is 4.11. The van der Waals surface area contributed by atoms with Crippen LogP contribution in [-0.2, 0) is 6.61 Å². The zero-order chi connectivity index (χ0) is 14.8. The average Bonchev–Trinajstić information content (AvgIpc) is 3.06. The highest BCUT2D eigenvalue weighted by atomic mass is 32.1. The van der Waals surface area contributed by atoms with Gasteiger partial charge in [0, 0.05) is 23.3 Å². The zero-order valence-electron chi connectivity index (χ0n) is 11.8. The second-order valence-corrected chi connectivity index (χ2v) is 5.67. The van der Waals surface area contributed by atoms with E-state index in [1.54, 1.807) is 18.3 Å². The molecule has 1 N–H and O–H groups in total. The summed E-state index contributed by atoms with van der Waals surface area (Å²) >= 11 is 1.59. The molecule has 0 unspecified atom stereocenters. The highest BCUT2D eigenvalue weighted by Gasteiger charge is 2.09. The topological polar surface area (TPSA) is 59.1 Å². The molecule has 6 heteroatoms. The van der Waals surface area contributed by atoms with E-state index in [0.717, 1.165) is 21.8 Å². The van der Waals surface area contributed by atoms with Crippen LogP contribution in [0.2, 0.25) is 0 Å². The number of thiazole rings is 1. The fourth-order valence-electron chi connectivity index (χ4n) is 2.10. The molecule has 0 aliphatic heterocycles. The van der Waals surface area contributed by atoms with E-state index in [9.17, 15) is 0 Å². The van der Waals surface area contributed by atoms with Gasteiger partial charge in [0.15, 0.2) is 4.96 Å². The lowest BCUT2D eigenvalue weighted by Crippen LogP contribution is -2.03. The quantitative estimate of drug-likeness (QED) is 0.456. The smallest absolute Gasteiger partial charge is 0.193 e.